The summed E-state index contributed by atoms with van der Waals surface area (Å²) in [6.07, 6.45) is 1.89. The van der Waals surface area contributed by atoms with Crippen molar-refractivity contribution in [3.8, 4) is 0 Å². The van der Waals surface area contributed by atoms with Crippen LogP contribution in [0.4, 0.5) is 10.8 Å². The number of quaternary nitrogens is 1. The van der Waals surface area contributed by atoms with E-state index in [0.29, 0.717) is 5.13 Å². The van der Waals surface area contributed by atoms with Gasteiger partial charge >= 0.3 is 0 Å². The minimum absolute atomic E-state index is 0.0418. The van der Waals surface area contributed by atoms with Crippen molar-refractivity contribution in [2.45, 2.75) is 26.3 Å². The van der Waals surface area contributed by atoms with Crippen LogP contribution in [0.1, 0.15) is 25.5 Å². The Bertz CT molecular complexity index is 747. The lowest BCUT2D eigenvalue weighted by Gasteiger charge is -2.27. The molecule has 7 heteroatoms. The molecule has 3 N–H and O–H groups in total. The third-order valence-corrected chi connectivity index (χ3v) is 5.39. The summed E-state index contributed by atoms with van der Waals surface area (Å²) in [5.41, 5.74) is 7.22. The molecule has 0 aliphatic carbocycles. The summed E-state index contributed by atoms with van der Waals surface area (Å²) in [5, 5.41) is 2.67. The van der Waals surface area contributed by atoms with Crippen molar-refractivity contribution in [2.24, 2.45) is 11.7 Å². The molecule has 0 radical (unpaired) electrons. The van der Waals surface area contributed by atoms with Gasteiger partial charge in [-0.05, 0) is 25.0 Å². The zero-order valence-electron chi connectivity index (χ0n) is 14.3. The van der Waals surface area contributed by atoms with Crippen molar-refractivity contribution in [3.63, 3.8) is 0 Å². The van der Waals surface area contributed by atoms with Gasteiger partial charge in [0, 0.05) is 12.3 Å². The zero-order chi connectivity index (χ0) is 17.8. The third-order valence-electron chi connectivity index (χ3n) is 4.51. The second-order valence-electron chi connectivity index (χ2n) is 6.43. The largest absolute Gasteiger partial charge is 0.369 e. The molecule has 0 saturated carbocycles. The first-order valence-corrected chi connectivity index (χ1v) is 9.35. The number of nitrogens with zero attached hydrogens (tertiary/aromatic N) is 2. The number of rotatable bonds is 5. The summed E-state index contributed by atoms with van der Waals surface area (Å²) in [4.78, 5) is 31.1. The highest BCUT2D eigenvalue weighted by molar-refractivity contribution is 7.14. The standard InChI is InChI=1S/C18H22N4O2S/c1-13(23)22(16-7-3-2-4-8-16)18-20-15(12-25-18)11-21-9-5-6-14(10-21)17(19)24/h2-4,7-8,12,14H,5-6,9-11H2,1H3,(H2,19,24)/p+1/t14-/m1/s1. The second kappa shape index (κ2) is 7.76. The van der Waals surface area contributed by atoms with Crippen LogP contribution >= 0.6 is 11.3 Å². The van der Waals surface area contributed by atoms with Gasteiger partial charge in [0.15, 0.2) is 5.13 Å². The fraction of sp³-hybridized carbons (Fsp3) is 0.389. The Morgan fingerprint density at radius 2 is 2.12 bits per heavy atom. The maximum atomic E-state index is 12.1. The predicted octanol–water partition coefficient (Wildman–Crippen LogP) is 1.11. The lowest BCUT2D eigenvalue weighted by Crippen LogP contribution is -3.12. The summed E-state index contributed by atoms with van der Waals surface area (Å²) < 4.78 is 0. The zero-order valence-corrected chi connectivity index (χ0v) is 15.1. The molecule has 1 aromatic carbocycles. The van der Waals surface area contributed by atoms with Gasteiger partial charge in [-0.1, -0.05) is 18.2 Å². The molecule has 1 aliphatic heterocycles. The molecule has 2 amide bonds. The predicted molar refractivity (Wildman–Crippen MR) is 97.7 cm³/mol. The highest BCUT2D eigenvalue weighted by Crippen LogP contribution is 2.28. The summed E-state index contributed by atoms with van der Waals surface area (Å²) >= 11 is 1.47. The minimum Gasteiger partial charge on any atom is -0.369 e. The van der Waals surface area contributed by atoms with Crippen LogP contribution < -0.4 is 15.5 Å². The summed E-state index contributed by atoms with van der Waals surface area (Å²) in [7, 11) is 0. The molecule has 0 spiro atoms. The number of hydrogen-bond donors (Lipinski definition) is 2. The number of amides is 2. The Hall–Kier alpha value is -2.25. The molecule has 2 aromatic rings. The summed E-state index contributed by atoms with van der Waals surface area (Å²) in [6.45, 7) is 4.07. The van der Waals surface area contributed by atoms with Gasteiger partial charge in [0.2, 0.25) is 11.8 Å². The Labute approximate surface area is 151 Å². The van der Waals surface area contributed by atoms with Crippen LogP contribution in [-0.4, -0.2) is 29.9 Å². The van der Waals surface area contributed by atoms with Crippen LogP contribution in [0, 0.1) is 5.92 Å². The lowest BCUT2D eigenvalue weighted by atomic mass is 9.97. The number of carbonyl (C=O) groups excluding carboxylic acids is 2. The Kier molecular flexibility index (Phi) is 5.45. The molecular formula is C18H23N4O2S+. The Morgan fingerprint density at radius 1 is 1.36 bits per heavy atom. The molecule has 25 heavy (non-hydrogen) atoms. The number of piperidine rings is 1. The van der Waals surface area contributed by atoms with Crippen molar-refractivity contribution in [1.29, 1.82) is 0 Å². The highest BCUT2D eigenvalue weighted by Gasteiger charge is 2.28. The highest BCUT2D eigenvalue weighted by atomic mass is 32.1. The van der Waals surface area contributed by atoms with Crippen molar-refractivity contribution < 1.29 is 14.5 Å². The quantitative estimate of drug-likeness (QED) is 0.839. The van der Waals surface area contributed by atoms with E-state index in [9.17, 15) is 9.59 Å². The van der Waals surface area contributed by atoms with E-state index >= 15 is 0 Å². The molecule has 3 rings (SSSR count). The maximum Gasteiger partial charge on any atom is 0.230 e. The number of hydrogen-bond acceptors (Lipinski definition) is 4. The van der Waals surface area contributed by atoms with E-state index in [2.05, 4.69) is 4.98 Å². The molecular weight excluding hydrogens is 336 g/mol. The van der Waals surface area contributed by atoms with Gasteiger partial charge in [0.1, 0.15) is 12.2 Å². The van der Waals surface area contributed by atoms with Crippen molar-refractivity contribution >= 4 is 34.0 Å². The number of nitrogens with one attached hydrogen (secondary N) is 1. The number of aromatic nitrogens is 1. The molecule has 132 valence electrons. The first-order chi connectivity index (χ1) is 12.0. The number of carbonyl (C=O) groups is 2. The van der Waals surface area contributed by atoms with Crippen molar-refractivity contribution in [2.75, 3.05) is 18.0 Å². The van der Waals surface area contributed by atoms with E-state index in [1.807, 2.05) is 35.7 Å². The number of anilines is 2. The topological polar surface area (TPSA) is 80.7 Å². The molecule has 2 atom stereocenters. The average molecular weight is 359 g/mol. The van der Waals surface area contributed by atoms with E-state index in [1.165, 1.54) is 16.2 Å². The van der Waals surface area contributed by atoms with Gasteiger partial charge in [-0.15, -0.1) is 11.3 Å². The average Bonchev–Trinajstić information content (AvgIpc) is 3.03. The molecule has 6 nitrogen and oxygen atoms in total. The van der Waals surface area contributed by atoms with E-state index in [1.54, 1.807) is 11.8 Å². The van der Waals surface area contributed by atoms with E-state index in [4.69, 9.17) is 5.73 Å². The number of likely N-dealkylation sites (tertiary alicyclic amines) is 1. The van der Waals surface area contributed by atoms with Gasteiger partial charge in [-0.3, -0.25) is 14.5 Å². The maximum absolute atomic E-state index is 12.1. The van der Waals surface area contributed by atoms with Gasteiger partial charge in [0.05, 0.1) is 24.7 Å². The molecule has 1 fully saturated rings. The molecule has 1 saturated heterocycles. The molecule has 0 bridgehead atoms. The molecule has 2 heterocycles. The van der Waals surface area contributed by atoms with E-state index in [0.717, 1.165) is 43.9 Å². The van der Waals surface area contributed by atoms with E-state index < -0.39 is 0 Å². The monoisotopic (exact) mass is 359 g/mol. The van der Waals surface area contributed by atoms with Gasteiger partial charge in [0.25, 0.3) is 0 Å². The first kappa shape index (κ1) is 17.6. The minimum atomic E-state index is -0.206. The molecule has 1 unspecified atom stereocenters. The first-order valence-electron chi connectivity index (χ1n) is 8.47. The number of benzene rings is 1. The lowest BCUT2D eigenvalue weighted by molar-refractivity contribution is -0.921. The Balaban J connectivity index is 1.73. The van der Waals surface area contributed by atoms with Crippen LogP contribution in [0.5, 0.6) is 0 Å². The molecule has 1 aromatic heterocycles. The van der Waals surface area contributed by atoms with E-state index in [-0.39, 0.29) is 17.7 Å². The van der Waals surface area contributed by atoms with Crippen LogP contribution in [0.3, 0.4) is 0 Å². The number of nitrogens with two attached hydrogens (primary N) is 1. The SMILES string of the molecule is CC(=O)N(c1ccccc1)c1nc(C[NH+]2CCC[C@@H](C(N)=O)C2)cs1. The normalized spacial score (nSPS) is 20.2. The number of thiazole rings is 1. The summed E-state index contributed by atoms with van der Waals surface area (Å²) in [5.74, 6) is -0.311. The second-order valence-corrected chi connectivity index (χ2v) is 7.27. The van der Waals surface area contributed by atoms with Gasteiger partial charge < -0.3 is 10.6 Å². The van der Waals surface area contributed by atoms with Crippen LogP contribution in [0.15, 0.2) is 35.7 Å². The Morgan fingerprint density at radius 3 is 2.80 bits per heavy atom. The van der Waals surface area contributed by atoms with Crippen molar-refractivity contribution in [1.82, 2.24) is 4.98 Å². The van der Waals surface area contributed by atoms with Crippen LogP contribution in [-0.2, 0) is 16.1 Å². The summed E-state index contributed by atoms with van der Waals surface area (Å²) in [6, 6.07) is 9.53. The van der Waals surface area contributed by atoms with Gasteiger partial charge in [-0.2, -0.15) is 0 Å². The number of para-hydroxylation sites is 1. The smallest absolute Gasteiger partial charge is 0.230 e. The number of primary amides is 1. The third kappa shape index (κ3) is 4.24. The fourth-order valence-electron chi connectivity index (χ4n) is 3.29. The molecule has 1 aliphatic rings. The van der Waals surface area contributed by atoms with Crippen molar-refractivity contribution in [3.05, 3.63) is 41.4 Å². The fourth-order valence-corrected chi connectivity index (χ4v) is 4.18. The van der Waals surface area contributed by atoms with Crippen LogP contribution in [0.2, 0.25) is 0 Å². The van der Waals surface area contributed by atoms with Gasteiger partial charge in [-0.25, -0.2) is 4.98 Å². The van der Waals surface area contributed by atoms with Crippen LogP contribution in [0.25, 0.3) is 0 Å².